The van der Waals surface area contributed by atoms with Crippen LogP contribution in [0.25, 0.3) is 0 Å². The second-order valence-electron chi connectivity index (χ2n) is 7.08. The summed E-state index contributed by atoms with van der Waals surface area (Å²) in [5, 5.41) is 0. The zero-order chi connectivity index (χ0) is 18.5. The maximum Gasteiger partial charge on any atom is 0.255 e. The van der Waals surface area contributed by atoms with Crippen molar-refractivity contribution in [2.24, 2.45) is 7.05 Å². The van der Waals surface area contributed by atoms with Crippen LogP contribution in [-0.2, 0) is 18.3 Å². The third kappa shape index (κ3) is 4.54. The van der Waals surface area contributed by atoms with Gasteiger partial charge in [0.15, 0.2) is 0 Å². The van der Waals surface area contributed by atoms with Crippen molar-refractivity contribution in [2.45, 2.75) is 26.2 Å². The summed E-state index contributed by atoms with van der Waals surface area (Å²) in [6.07, 6.45) is 5.85. The monoisotopic (exact) mass is 353 g/mol. The Morgan fingerprint density at radius 3 is 2.54 bits per heavy atom. The maximum atomic E-state index is 12.6. The summed E-state index contributed by atoms with van der Waals surface area (Å²) in [6, 6.07) is 10.2. The number of aromatic nitrogens is 1. The molecule has 2 aromatic rings. The van der Waals surface area contributed by atoms with Crippen LogP contribution in [0.3, 0.4) is 0 Å². The quantitative estimate of drug-likeness (QED) is 0.848. The summed E-state index contributed by atoms with van der Waals surface area (Å²) in [5.41, 5.74) is 3.14. The molecule has 2 amide bonds. The number of hydrogen-bond donors (Lipinski definition) is 0. The Labute approximate surface area is 155 Å². The molecule has 3 rings (SSSR count). The molecule has 1 fully saturated rings. The Morgan fingerprint density at radius 2 is 1.81 bits per heavy atom. The molecule has 1 saturated heterocycles. The first-order valence-corrected chi connectivity index (χ1v) is 9.27. The van der Waals surface area contributed by atoms with Crippen LogP contribution in [0.1, 0.15) is 34.3 Å². The van der Waals surface area contributed by atoms with E-state index in [0.29, 0.717) is 31.6 Å². The molecule has 0 aliphatic carbocycles. The van der Waals surface area contributed by atoms with Gasteiger partial charge < -0.3 is 14.4 Å². The average molecular weight is 353 g/mol. The molecular weight excluding hydrogens is 326 g/mol. The highest BCUT2D eigenvalue weighted by Crippen LogP contribution is 2.12. The van der Waals surface area contributed by atoms with Gasteiger partial charge in [0, 0.05) is 52.0 Å². The molecule has 5 nitrogen and oxygen atoms in total. The van der Waals surface area contributed by atoms with Crippen molar-refractivity contribution in [3.8, 4) is 0 Å². The van der Waals surface area contributed by atoms with Gasteiger partial charge in [-0.25, -0.2) is 0 Å². The fourth-order valence-electron chi connectivity index (χ4n) is 3.46. The molecule has 0 saturated carbocycles. The van der Waals surface area contributed by atoms with Crippen LogP contribution in [0, 0.1) is 6.92 Å². The van der Waals surface area contributed by atoms with Crippen molar-refractivity contribution >= 4 is 11.8 Å². The van der Waals surface area contributed by atoms with Gasteiger partial charge in [0.05, 0.1) is 5.56 Å². The third-order valence-corrected chi connectivity index (χ3v) is 4.92. The molecular formula is C21H27N3O2. The second-order valence-corrected chi connectivity index (χ2v) is 7.08. The molecule has 0 unspecified atom stereocenters. The number of carbonyl (C=O) groups is 2. The Morgan fingerprint density at radius 1 is 1.04 bits per heavy atom. The SMILES string of the molecule is Cc1cccc(CCC(=O)N2CCCN(C(=O)c3ccn(C)c3)CC2)c1. The highest BCUT2D eigenvalue weighted by molar-refractivity contribution is 5.94. The van der Waals surface area contributed by atoms with Gasteiger partial charge in [-0.15, -0.1) is 0 Å². The van der Waals surface area contributed by atoms with E-state index in [1.165, 1.54) is 11.1 Å². The van der Waals surface area contributed by atoms with Gasteiger partial charge in [0.1, 0.15) is 0 Å². The van der Waals surface area contributed by atoms with Crippen LogP contribution in [-0.4, -0.2) is 52.4 Å². The summed E-state index contributed by atoms with van der Waals surface area (Å²) in [6.45, 7) is 4.72. The van der Waals surface area contributed by atoms with Crippen LogP contribution in [0.15, 0.2) is 42.7 Å². The third-order valence-electron chi connectivity index (χ3n) is 4.92. The first-order valence-electron chi connectivity index (χ1n) is 9.27. The number of nitrogens with zero attached hydrogens (tertiary/aromatic N) is 3. The Balaban J connectivity index is 1.52. The zero-order valence-electron chi connectivity index (χ0n) is 15.6. The first-order chi connectivity index (χ1) is 12.5. The highest BCUT2D eigenvalue weighted by atomic mass is 16.2. The number of hydrogen-bond acceptors (Lipinski definition) is 2. The van der Waals surface area contributed by atoms with Crippen LogP contribution < -0.4 is 0 Å². The minimum Gasteiger partial charge on any atom is -0.356 e. The van der Waals surface area contributed by atoms with Crippen molar-refractivity contribution in [3.63, 3.8) is 0 Å². The molecule has 2 heterocycles. The summed E-state index contributed by atoms with van der Waals surface area (Å²) in [5.74, 6) is 0.236. The van der Waals surface area contributed by atoms with Crippen LogP contribution in [0.4, 0.5) is 0 Å². The molecule has 0 spiro atoms. The maximum absolute atomic E-state index is 12.6. The van der Waals surface area contributed by atoms with E-state index in [4.69, 9.17) is 0 Å². The Hall–Kier alpha value is -2.56. The highest BCUT2D eigenvalue weighted by Gasteiger charge is 2.23. The topological polar surface area (TPSA) is 45.6 Å². The molecule has 1 aromatic carbocycles. The summed E-state index contributed by atoms with van der Waals surface area (Å²) >= 11 is 0. The molecule has 0 N–H and O–H groups in total. The minimum absolute atomic E-state index is 0.0552. The van der Waals surface area contributed by atoms with Crippen molar-refractivity contribution in [2.75, 3.05) is 26.2 Å². The van der Waals surface area contributed by atoms with Gasteiger partial charge in [-0.1, -0.05) is 29.8 Å². The number of aryl methyl sites for hydroxylation is 3. The molecule has 26 heavy (non-hydrogen) atoms. The van der Waals surface area contributed by atoms with E-state index in [1.54, 1.807) is 0 Å². The molecule has 0 radical (unpaired) electrons. The zero-order valence-corrected chi connectivity index (χ0v) is 15.6. The van der Waals surface area contributed by atoms with Gasteiger partial charge in [0.25, 0.3) is 5.91 Å². The fraction of sp³-hybridized carbons (Fsp3) is 0.429. The Bertz CT molecular complexity index is 781. The molecule has 5 heteroatoms. The summed E-state index contributed by atoms with van der Waals surface area (Å²) in [4.78, 5) is 28.9. The lowest BCUT2D eigenvalue weighted by molar-refractivity contribution is -0.131. The van der Waals surface area contributed by atoms with Crippen molar-refractivity contribution in [3.05, 3.63) is 59.4 Å². The lowest BCUT2D eigenvalue weighted by Gasteiger charge is -2.22. The molecule has 0 atom stereocenters. The van der Waals surface area contributed by atoms with Gasteiger partial charge in [-0.05, 0) is 31.4 Å². The molecule has 1 aliphatic rings. The van der Waals surface area contributed by atoms with Crippen molar-refractivity contribution in [1.82, 2.24) is 14.4 Å². The molecule has 0 bridgehead atoms. The lowest BCUT2D eigenvalue weighted by atomic mass is 10.1. The van der Waals surface area contributed by atoms with E-state index < -0.39 is 0 Å². The van der Waals surface area contributed by atoms with Crippen molar-refractivity contribution in [1.29, 1.82) is 0 Å². The number of amides is 2. The average Bonchev–Trinajstić information content (AvgIpc) is 2.91. The van der Waals surface area contributed by atoms with E-state index in [2.05, 4.69) is 25.1 Å². The lowest BCUT2D eigenvalue weighted by Crippen LogP contribution is -2.37. The second kappa shape index (κ2) is 8.21. The van der Waals surface area contributed by atoms with E-state index in [-0.39, 0.29) is 11.8 Å². The fourth-order valence-corrected chi connectivity index (χ4v) is 3.46. The van der Waals surface area contributed by atoms with Gasteiger partial charge in [-0.3, -0.25) is 9.59 Å². The van der Waals surface area contributed by atoms with Gasteiger partial charge in [0.2, 0.25) is 5.91 Å². The Kier molecular flexibility index (Phi) is 5.76. The van der Waals surface area contributed by atoms with Crippen molar-refractivity contribution < 1.29 is 9.59 Å². The number of benzene rings is 1. The van der Waals surface area contributed by atoms with Crippen LogP contribution in [0.2, 0.25) is 0 Å². The largest absolute Gasteiger partial charge is 0.356 e. The van der Waals surface area contributed by atoms with E-state index in [0.717, 1.165) is 19.4 Å². The predicted molar refractivity (Wildman–Crippen MR) is 102 cm³/mol. The molecule has 1 aromatic heterocycles. The predicted octanol–water partition coefficient (Wildman–Crippen LogP) is 2.64. The minimum atomic E-state index is 0.0552. The smallest absolute Gasteiger partial charge is 0.255 e. The number of rotatable bonds is 4. The van der Waals surface area contributed by atoms with Crippen LogP contribution >= 0.6 is 0 Å². The number of carbonyl (C=O) groups excluding carboxylic acids is 2. The van der Waals surface area contributed by atoms with Crippen LogP contribution in [0.5, 0.6) is 0 Å². The molecule has 1 aliphatic heterocycles. The normalized spacial score (nSPS) is 15.0. The van der Waals surface area contributed by atoms with E-state index in [1.807, 2.05) is 45.9 Å². The first kappa shape index (κ1) is 18.2. The van der Waals surface area contributed by atoms with E-state index >= 15 is 0 Å². The summed E-state index contributed by atoms with van der Waals surface area (Å²) < 4.78 is 1.88. The van der Waals surface area contributed by atoms with E-state index in [9.17, 15) is 9.59 Å². The standard InChI is InChI=1S/C21H27N3O2/c1-17-5-3-6-18(15-17)7-8-20(25)23-10-4-11-24(14-13-23)21(26)19-9-12-22(2)16-19/h3,5-6,9,12,15-16H,4,7-8,10-11,13-14H2,1-2H3. The van der Waals surface area contributed by atoms with Gasteiger partial charge in [-0.2, -0.15) is 0 Å². The molecule has 138 valence electrons. The van der Waals surface area contributed by atoms with Gasteiger partial charge >= 0.3 is 0 Å². The summed E-state index contributed by atoms with van der Waals surface area (Å²) in [7, 11) is 1.91.